The van der Waals surface area contributed by atoms with Crippen molar-refractivity contribution >= 4 is 17.5 Å². The molecule has 136 valence electrons. The highest BCUT2D eigenvalue weighted by atomic mass is 16.3. The van der Waals surface area contributed by atoms with Crippen LogP contribution in [0.15, 0.2) is 54.6 Å². The number of nitrogens with one attached hydrogen (secondary N) is 1. The summed E-state index contributed by atoms with van der Waals surface area (Å²) in [7, 11) is 0. The first-order chi connectivity index (χ1) is 12.6. The van der Waals surface area contributed by atoms with Crippen molar-refractivity contribution in [3.63, 3.8) is 0 Å². The maximum Gasteiger partial charge on any atom is 0.239 e. The van der Waals surface area contributed by atoms with Gasteiger partial charge in [-0.1, -0.05) is 42.5 Å². The lowest BCUT2D eigenvalue weighted by atomic mass is 9.93. The van der Waals surface area contributed by atoms with Crippen molar-refractivity contribution in [2.45, 2.75) is 18.9 Å². The third-order valence-electron chi connectivity index (χ3n) is 4.81. The van der Waals surface area contributed by atoms with Gasteiger partial charge in [0, 0.05) is 5.92 Å². The van der Waals surface area contributed by atoms with Crippen molar-refractivity contribution in [3.05, 3.63) is 60.2 Å². The fraction of sp³-hybridized carbons (Fsp3) is 0.300. The molecule has 0 spiro atoms. The van der Waals surface area contributed by atoms with Gasteiger partial charge in [0.25, 0.3) is 0 Å². The zero-order valence-electron chi connectivity index (χ0n) is 14.5. The Labute approximate surface area is 152 Å². The van der Waals surface area contributed by atoms with Crippen molar-refractivity contribution in [1.82, 2.24) is 4.90 Å². The minimum atomic E-state index is -0.474. The van der Waals surface area contributed by atoms with Crippen LogP contribution in [0.1, 0.15) is 24.4 Å². The molecule has 2 aromatic carbocycles. The Morgan fingerprint density at radius 3 is 2.27 bits per heavy atom. The second-order valence-corrected chi connectivity index (χ2v) is 6.53. The molecule has 0 aliphatic carbocycles. The Balaban J connectivity index is 1.62. The van der Waals surface area contributed by atoms with Crippen LogP contribution in [-0.4, -0.2) is 34.9 Å². The fourth-order valence-corrected chi connectivity index (χ4v) is 3.42. The number of piperidine rings is 1. The van der Waals surface area contributed by atoms with Crippen LogP contribution in [-0.2, 0) is 9.59 Å². The molecule has 3 rings (SSSR count). The van der Waals surface area contributed by atoms with Crippen LogP contribution in [0.5, 0.6) is 5.75 Å². The standard InChI is InChI=1S/C20H23N3O3/c21-19(25)18(14-6-2-1-3-7-14)23-12-10-15(11-13-23)20(26)22-16-8-4-5-9-17(16)24/h1-9,15,18,24H,10-13H2,(H2,21,25)(H,22,26). The number of phenols is 1. The van der Waals surface area contributed by atoms with Gasteiger partial charge in [0.2, 0.25) is 11.8 Å². The van der Waals surface area contributed by atoms with E-state index >= 15 is 0 Å². The molecule has 1 saturated heterocycles. The number of nitrogens with zero attached hydrogens (tertiary/aromatic N) is 1. The van der Waals surface area contributed by atoms with Crippen LogP contribution in [0.4, 0.5) is 5.69 Å². The van der Waals surface area contributed by atoms with Crippen LogP contribution in [0.2, 0.25) is 0 Å². The van der Waals surface area contributed by atoms with Gasteiger partial charge in [0.15, 0.2) is 0 Å². The second kappa shape index (κ2) is 8.01. The molecule has 2 amide bonds. The highest BCUT2D eigenvalue weighted by Crippen LogP contribution is 2.28. The number of amides is 2. The molecule has 4 N–H and O–H groups in total. The first-order valence-electron chi connectivity index (χ1n) is 8.73. The van der Waals surface area contributed by atoms with Gasteiger partial charge in [-0.05, 0) is 43.6 Å². The fourth-order valence-electron chi connectivity index (χ4n) is 3.42. The van der Waals surface area contributed by atoms with Crippen LogP contribution in [0.3, 0.4) is 0 Å². The Morgan fingerprint density at radius 1 is 1.04 bits per heavy atom. The Kier molecular flexibility index (Phi) is 5.53. The molecule has 26 heavy (non-hydrogen) atoms. The Morgan fingerprint density at radius 2 is 1.65 bits per heavy atom. The van der Waals surface area contributed by atoms with E-state index in [2.05, 4.69) is 5.32 Å². The van der Waals surface area contributed by atoms with Crippen molar-refractivity contribution in [3.8, 4) is 5.75 Å². The monoisotopic (exact) mass is 353 g/mol. The van der Waals surface area contributed by atoms with Gasteiger partial charge in [0.1, 0.15) is 11.8 Å². The number of hydrogen-bond donors (Lipinski definition) is 3. The van der Waals surface area contributed by atoms with Gasteiger partial charge in [-0.3, -0.25) is 14.5 Å². The van der Waals surface area contributed by atoms with Crippen molar-refractivity contribution < 1.29 is 14.7 Å². The average molecular weight is 353 g/mol. The third-order valence-corrected chi connectivity index (χ3v) is 4.81. The summed E-state index contributed by atoms with van der Waals surface area (Å²) in [5.74, 6) is -0.596. The number of hydrogen-bond acceptors (Lipinski definition) is 4. The van der Waals surface area contributed by atoms with Gasteiger partial charge in [0.05, 0.1) is 5.69 Å². The summed E-state index contributed by atoms with van der Waals surface area (Å²) in [6, 6.07) is 15.7. The van der Waals surface area contributed by atoms with E-state index in [1.807, 2.05) is 35.2 Å². The molecular weight excluding hydrogens is 330 g/mol. The lowest BCUT2D eigenvalue weighted by Gasteiger charge is -2.35. The van der Waals surface area contributed by atoms with E-state index in [1.165, 1.54) is 6.07 Å². The second-order valence-electron chi connectivity index (χ2n) is 6.53. The lowest BCUT2D eigenvalue weighted by Crippen LogP contribution is -2.44. The van der Waals surface area contributed by atoms with Crippen molar-refractivity contribution in [1.29, 1.82) is 0 Å². The van der Waals surface area contributed by atoms with Crippen molar-refractivity contribution in [2.75, 3.05) is 18.4 Å². The molecule has 1 heterocycles. The number of carbonyl (C=O) groups excluding carboxylic acids is 2. The summed E-state index contributed by atoms with van der Waals surface area (Å²) in [5, 5.41) is 12.6. The smallest absolute Gasteiger partial charge is 0.239 e. The van der Waals surface area contributed by atoms with Crippen molar-refractivity contribution in [2.24, 2.45) is 11.7 Å². The van der Waals surface area contributed by atoms with Crippen LogP contribution < -0.4 is 11.1 Å². The van der Waals surface area contributed by atoms with E-state index in [9.17, 15) is 14.7 Å². The summed E-state index contributed by atoms with van der Waals surface area (Å²) in [6.07, 6.45) is 1.27. The third kappa shape index (κ3) is 4.03. The molecule has 0 aromatic heterocycles. The summed E-state index contributed by atoms with van der Waals surface area (Å²) in [4.78, 5) is 26.5. The zero-order valence-corrected chi connectivity index (χ0v) is 14.5. The van der Waals surface area contributed by atoms with Gasteiger partial charge in [-0.2, -0.15) is 0 Å². The number of nitrogens with two attached hydrogens (primary N) is 1. The molecule has 1 aliphatic rings. The van der Waals surface area contributed by atoms with E-state index < -0.39 is 6.04 Å². The number of rotatable bonds is 5. The minimum absolute atomic E-state index is 0.0520. The molecule has 0 radical (unpaired) electrons. The molecule has 1 fully saturated rings. The number of anilines is 1. The van der Waals surface area contributed by atoms with Gasteiger partial charge in [-0.25, -0.2) is 0 Å². The first-order valence-corrected chi connectivity index (χ1v) is 8.73. The number of likely N-dealkylation sites (tertiary alicyclic amines) is 1. The number of benzene rings is 2. The summed E-state index contributed by atoms with van der Waals surface area (Å²) < 4.78 is 0. The summed E-state index contributed by atoms with van der Waals surface area (Å²) in [6.45, 7) is 1.22. The largest absolute Gasteiger partial charge is 0.506 e. The highest BCUT2D eigenvalue weighted by molar-refractivity contribution is 5.94. The molecule has 1 unspecified atom stereocenters. The molecule has 0 saturated carbocycles. The normalized spacial score (nSPS) is 16.8. The first kappa shape index (κ1) is 17.9. The molecular formula is C20H23N3O3. The Bertz CT molecular complexity index is 771. The number of carbonyl (C=O) groups is 2. The van der Waals surface area contributed by atoms with Crippen LogP contribution in [0.25, 0.3) is 0 Å². The predicted molar refractivity (Wildman–Crippen MR) is 99.4 cm³/mol. The topological polar surface area (TPSA) is 95.7 Å². The van der Waals surface area contributed by atoms with Crippen LogP contribution in [0, 0.1) is 5.92 Å². The highest BCUT2D eigenvalue weighted by Gasteiger charge is 2.32. The van der Waals surface area contributed by atoms with E-state index in [4.69, 9.17) is 5.73 Å². The predicted octanol–water partition coefficient (Wildman–Crippen LogP) is 2.27. The minimum Gasteiger partial charge on any atom is -0.506 e. The number of aromatic hydroxyl groups is 1. The van der Waals surface area contributed by atoms with Gasteiger partial charge < -0.3 is 16.2 Å². The zero-order chi connectivity index (χ0) is 18.5. The molecule has 1 atom stereocenters. The maximum absolute atomic E-state index is 12.5. The van der Waals surface area contributed by atoms with Crippen LogP contribution >= 0.6 is 0 Å². The number of para-hydroxylation sites is 2. The molecule has 1 aliphatic heterocycles. The number of phenolic OH excluding ortho intramolecular Hbond substituents is 1. The SMILES string of the molecule is NC(=O)C(c1ccccc1)N1CCC(C(=O)Nc2ccccc2O)CC1. The van der Waals surface area contributed by atoms with E-state index in [-0.39, 0.29) is 23.5 Å². The molecule has 6 heteroatoms. The van der Waals surface area contributed by atoms with E-state index in [1.54, 1.807) is 18.2 Å². The van der Waals surface area contributed by atoms with E-state index in [0.29, 0.717) is 31.6 Å². The van der Waals surface area contributed by atoms with Gasteiger partial charge >= 0.3 is 0 Å². The van der Waals surface area contributed by atoms with E-state index in [0.717, 1.165) is 5.56 Å². The summed E-state index contributed by atoms with van der Waals surface area (Å²) >= 11 is 0. The average Bonchev–Trinajstić information content (AvgIpc) is 2.65. The molecule has 2 aromatic rings. The van der Waals surface area contributed by atoms with Gasteiger partial charge in [-0.15, -0.1) is 0 Å². The molecule has 6 nitrogen and oxygen atoms in total. The summed E-state index contributed by atoms with van der Waals surface area (Å²) in [5.41, 5.74) is 6.91. The number of primary amides is 1. The Hall–Kier alpha value is -2.86. The maximum atomic E-state index is 12.5. The lowest BCUT2D eigenvalue weighted by molar-refractivity contribution is -0.125. The molecule has 0 bridgehead atoms. The quantitative estimate of drug-likeness (QED) is 0.719.